The third-order valence-electron chi connectivity index (χ3n) is 5.49. The smallest absolute Gasteiger partial charge is 0.197 e. The highest BCUT2D eigenvalue weighted by Crippen LogP contribution is 2.32. The Bertz CT molecular complexity index is 519. The van der Waals surface area contributed by atoms with E-state index in [1.54, 1.807) is 0 Å². The normalized spacial score (nSPS) is 36.6. The van der Waals surface area contributed by atoms with E-state index in [9.17, 15) is 5.11 Å². The Hall–Kier alpha value is -1.14. The minimum absolute atomic E-state index is 0.0933. The van der Waals surface area contributed by atoms with Gasteiger partial charge in [0.15, 0.2) is 12.4 Å². The highest BCUT2D eigenvalue weighted by molar-refractivity contribution is 5.22. The lowest BCUT2D eigenvalue weighted by Crippen LogP contribution is -2.61. The third-order valence-corrected chi connectivity index (χ3v) is 5.49. The number of aliphatic hydroxyl groups is 1. The zero-order valence-corrected chi connectivity index (χ0v) is 14.0. The topological polar surface area (TPSA) is 60.0 Å². The zero-order chi connectivity index (χ0) is 16.4. The van der Waals surface area contributed by atoms with Crippen molar-refractivity contribution in [2.24, 2.45) is 5.92 Å². The molecule has 3 aliphatic rings. The predicted octanol–water partition coefficient (Wildman–Crippen LogP) is 2.09. The summed E-state index contributed by atoms with van der Waals surface area (Å²) in [5.74, 6) is 1.43. The Morgan fingerprint density at radius 3 is 2.71 bits per heavy atom. The van der Waals surface area contributed by atoms with Crippen LogP contribution in [0.4, 0.5) is 0 Å². The molecule has 0 spiro atoms. The molecule has 5 heteroatoms. The van der Waals surface area contributed by atoms with Crippen LogP contribution >= 0.6 is 0 Å². The molecule has 0 unspecified atom stereocenters. The van der Waals surface area contributed by atoms with Gasteiger partial charge in [0.25, 0.3) is 0 Å². The molecule has 1 saturated carbocycles. The molecule has 2 aliphatic heterocycles. The fraction of sp³-hybridized carbons (Fsp3) is 0.684. The first-order valence-corrected chi connectivity index (χ1v) is 9.21. The summed E-state index contributed by atoms with van der Waals surface area (Å²) < 4.78 is 17.6. The third kappa shape index (κ3) is 3.45. The first kappa shape index (κ1) is 16.3. The minimum Gasteiger partial charge on any atom is -0.482 e. The van der Waals surface area contributed by atoms with Crippen molar-refractivity contribution in [1.29, 1.82) is 0 Å². The number of hydrogen-bond donors (Lipinski definition) is 2. The summed E-state index contributed by atoms with van der Waals surface area (Å²) >= 11 is 0. The van der Waals surface area contributed by atoms with Crippen LogP contribution in [0.2, 0.25) is 0 Å². The van der Waals surface area contributed by atoms with Gasteiger partial charge in [-0.25, -0.2) is 0 Å². The van der Waals surface area contributed by atoms with Crippen molar-refractivity contribution in [3.63, 3.8) is 0 Å². The SMILES string of the molecule is O[C@H]1[C@H](NCC2CCCCC2)[C@H]2CO[C@H](O2)[C@@H]1Oc1ccccc1. The molecular weight excluding hydrogens is 306 g/mol. The second-order valence-electron chi connectivity index (χ2n) is 7.20. The second kappa shape index (κ2) is 7.40. The number of rotatable bonds is 5. The van der Waals surface area contributed by atoms with E-state index in [1.807, 2.05) is 30.3 Å². The van der Waals surface area contributed by atoms with E-state index in [2.05, 4.69) is 5.32 Å². The van der Waals surface area contributed by atoms with Crippen LogP contribution in [0.25, 0.3) is 0 Å². The standard InChI is InChI=1S/C19H27NO4/c21-17-16(20-11-13-7-3-1-4-8-13)15-12-22-19(24-15)18(17)23-14-9-5-2-6-10-14/h2,5-6,9-10,13,15-21H,1,3-4,7-8,11-12H2/t15-,16-,17+,18-,19-/m1/s1. The molecule has 2 saturated heterocycles. The molecule has 4 rings (SSSR count). The molecule has 5 atom stereocenters. The van der Waals surface area contributed by atoms with Gasteiger partial charge in [0.05, 0.1) is 12.6 Å². The highest BCUT2D eigenvalue weighted by atomic mass is 16.7. The monoisotopic (exact) mass is 333 g/mol. The number of hydrogen-bond acceptors (Lipinski definition) is 5. The van der Waals surface area contributed by atoms with E-state index >= 15 is 0 Å². The molecule has 2 heterocycles. The molecule has 24 heavy (non-hydrogen) atoms. The van der Waals surface area contributed by atoms with E-state index < -0.39 is 18.5 Å². The summed E-state index contributed by atoms with van der Waals surface area (Å²) in [6.07, 6.45) is 4.85. The number of aliphatic hydroxyl groups excluding tert-OH is 1. The van der Waals surface area contributed by atoms with Crippen LogP contribution in [0.5, 0.6) is 5.75 Å². The number of fused-ring (bicyclic) bond motifs is 2. The summed E-state index contributed by atoms with van der Waals surface area (Å²) in [5.41, 5.74) is 0. The van der Waals surface area contributed by atoms with E-state index in [-0.39, 0.29) is 12.1 Å². The van der Waals surface area contributed by atoms with Gasteiger partial charge in [-0.15, -0.1) is 0 Å². The lowest BCUT2D eigenvalue weighted by molar-refractivity contribution is -0.194. The van der Waals surface area contributed by atoms with Crippen molar-refractivity contribution in [2.75, 3.05) is 13.2 Å². The first-order valence-electron chi connectivity index (χ1n) is 9.21. The van der Waals surface area contributed by atoms with E-state index in [4.69, 9.17) is 14.2 Å². The zero-order valence-electron chi connectivity index (χ0n) is 14.0. The number of benzene rings is 1. The predicted molar refractivity (Wildman–Crippen MR) is 89.8 cm³/mol. The lowest BCUT2D eigenvalue weighted by Gasteiger charge is -2.39. The Kier molecular flexibility index (Phi) is 5.03. The number of ether oxygens (including phenoxy) is 3. The number of para-hydroxylation sites is 1. The van der Waals surface area contributed by atoms with Crippen LogP contribution < -0.4 is 10.1 Å². The van der Waals surface area contributed by atoms with Gasteiger partial charge in [-0.1, -0.05) is 37.5 Å². The molecule has 132 valence electrons. The molecule has 2 N–H and O–H groups in total. The van der Waals surface area contributed by atoms with Crippen molar-refractivity contribution in [3.05, 3.63) is 30.3 Å². The molecule has 0 aromatic heterocycles. The van der Waals surface area contributed by atoms with Crippen LogP contribution in [-0.4, -0.2) is 48.9 Å². The Morgan fingerprint density at radius 1 is 1.12 bits per heavy atom. The maximum Gasteiger partial charge on any atom is 0.197 e. The molecule has 0 amide bonds. The summed E-state index contributed by atoms with van der Waals surface area (Å²) in [7, 11) is 0. The Balaban J connectivity index is 1.40. The first-order chi connectivity index (χ1) is 11.8. The summed E-state index contributed by atoms with van der Waals surface area (Å²) in [6, 6.07) is 9.41. The van der Waals surface area contributed by atoms with Crippen molar-refractivity contribution in [1.82, 2.24) is 5.32 Å². The van der Waals surface area contributed by atoms with E-state index in [1.165, 1.54) is 32.1 Å². The van der Waals surface area contributed by atoms with Gasteiger partial charge >= 0.3 is 0 Å². The molecule has 1 aromatic carbocycles. The summed E-state index contributed by atoms with van der Waals surface area (Å²) in [5, 5.41) is 14.4. The Morgan fingerprint density at radius 2 is 1.92 bits per heavy atom. The van der Waals surface area contributed by atoms with Gasteiger partial charge in [-0.05, 0) is 37.4 Å². The number of nitrogens with one attached hydrogen (secondary N) is 1. The molecule has 3 fully saturated rings. The van der Waals surface area contributed by atoms with Crippen molar-refractivity contribution >= 4 is 0 Å². The average Bonchev–Trinajstić information content (AvgIpc) is 3.06. The molecule has 1 aliphatic carbocycles. The van der Waals surface area contributed by atoms with Crippen molar-refractivity contribution in [3.8, 4) is 5.75 Å². The quantitative estimate of drug-likeness (QED) is 0.864. The summed E-state index contributed by atoms with van der Waals surface area (Å²) in [4.78, 5) is 0. The summed E-state index contributed by atoms with van der Waals surface area (Å²) in [6.45, 7) is 1.45. The lowest BCUT2D eigenvalue weighted by atomic mass is 9.88. The molecule has 0 radical (unpaired) electrons. The van der Waals surface area contributed by atoms with Crippen LogP contribution in [-0.2, 0) is 9.47 Å². The van der Waals surface area contributed by atoms with Crippen LogP contribution in [0.1, 0.15) is 32.1 Å². The molecule has 2 bridgehead atoms. The molecule has 1 aromatic rings. The van der Waals surface area contributed by atoms with Crippen molar-refractivity contribution in [2.45, 2.75) is 62.7 Å². The average molecular weight is 333 g/mol. The highest BCUT2D eigenvalue weighted by Gasteiger charge is 2.51. The van der Waals surface area contributed by atoms with Gasteiger partial charge < -0.3 is 24.6 Å². The fourth-order valence-electron chi connectivity index (χ4n) is 4.11. The van der Waals surface area contributed by atoms with Gasteiger partial charge in [0.2, 0.25) is 0 Å². The van der Waals surface area contributed by atoms with Gasteiger partial charge in [-0.2, -0.15) is 0 Å². The molecule has 5 nitrogen and oxygen atoms in total. The van der Waals surface area contributed by atoms with E-state index in [0.717, 1.165) is 12.3 Å². The molecular formula is C19H27NO4. The van der Waals surface area contributed by atoms with Gasteiger partial charge in [0, 0.05) is 0 Å². The van der Waals surface area contributed by atoms with Crippen LogP contribution in [0, 0.1) is 5.92 Å². The van der Waals surface area contributed by atoms with Crippen LogP contribution in [0.3, 0.4) is 0 Å². The maximum absolute atomic E-state index is 10.9. The van der Waals surface area contributed by atoms with Gasteiger partial charge in [-0.3, -0.25) is 0 Å². The second-order valence-corrected chi connectivity index (χ2v) is 7.20. The minimum atomic E-state index is -0.639. The van der Waals surface area contributed by atoms with Crippen molar-refractivity contribution < 1.29 is 19.3 Å². The fourth-order valence-corrected chi connectivity index (χ4v) is 4.11. The van der Waals surface area contributed by atoms with E-state index in [0.29, 0.717) is 12.5 Å². The largest absolute Gasteiger partial charge is 0.482 e. The van der Waals surface area contributed by atoms with Gasteiger partial charge in [0.1, 0.15) is 18.0 Å². The van der Waals surface area contributed by atoms with Crippen LogP contribution in [0.15, 0.2) is 30.3 Å². The maximum atomic E-state index is 10.9. The Labute approximate surface area is 143 Å².